The Labute approximate surface area is 178 Å². The minimum atomic E-state index is -0.0877. The maximum atomic E-state index is 9.06. The molecule has 0 unspecified atom stereocenters. The summed E-state index contributed by atoms with van der Waals surface area (Å²) in [5.74, 6) is 0. The Bertz CT molecular complexity index is 461. The van der Waals surface area contributed by atoms with Gasteiger partial charge < -0.3 is 35.0 Å². The summed E-state index contributed by atoms with van der Waals surface area (Å²) in [6.07, 6.45) is 16.7. The van der Waals surface area contributed by atoms with Crippen LogP contribution in [0, 0.1) is 17.6 Å². The molecule has 5 heteroatoms. The van der Waals surface area contributed by atoms with E-state index in [1.54, 1.807) is 0 Å². The van der Waals surface area contributed by atoms with Crippen LogP contribution >= 0.6 is 0 Å². The summed E-state index contributed by atoms with van der Waals surface area (Å²) < 4.78 is 0. The molecule has 0 aromatic carbocycles. The standard InChI is InChI=1S/C19H26O2.2ClH.Zr/c1-19(2,17-11-3-7-15(17)9-5-13-20)18-12-4-8-16(18)10-6-14-21;;;/h7-8,20-21H,3-6,9-10,13-14H2,1-2H3;2*1H;/q-2;;;+4/p-2. The Hall–Kier alpha value is 0.343. The first-order valence-corrected chi connectivity index (χ1v) is 7.94. The van der Waals surface area contributed by atoms with Crippen LogP contribution in [0.15, 0.2) is 34.4 Å². The van der Waals surface area contributed by atoms with Crippen molar-refractivity contribution in [1.82, 2.24) is 0 Å². The van der Waals surface area contributed by atoms with Crippen molar-refractivity contribution in [3.05, 3.63) is 46.6 Å². The number of halogens is 2. The molecule has 0 heterocycles. The van der Waals surface area contributed by atoms with Gasteiger partial charge in [-0.15, -0.1) is 12.8 Å². The van der Waals surface area contributed by atoms with Gasteiger partial charge in [-0.25, -0.2) is 11.1 Å². The SMILES string of the molecule is CC(C)(C1=[C-]CC=C1CCCO)C1=[C-]CC=C1CCCO.[Cl-].[Cl-].[Zr+4]. The smallest absolute Gasteiger partial charge is 1.00 e. The van der Waals surface area contributed by atoms with E-state index in [2.05, 4.69) is 38.2 Å². The quantitative estimate of drug-likeness (QED) is 0.410. The Morgan fingerprint density at radius 1 is 0.875 bits per heavy atom. The number of hydrogen-bond donors (Lipinski definition) is 2. The third-order valence-electron chi connectivity index (χ3n) is 4.36. The van der Waals surface area contributed by atoms with Gasteiger partial charge in [0.05, 0.1) is 0 Å². The molecule has 2 aliphatic rings. The van der Waals surface area contributed by atoms with Gasteiger partial charge in [0.25, 0.3) is 0 Å². The number of aliphatic hydroxyl groups excluding tert-OH is 2. The summed E-state index contributed by atoms with van der Waals surface area (Å²) in [6, 6.07) is 0. The molecule has 0 radical (unpaired) electrons. The summed E-state index contributed by atoms with van der Waals surface area (Å²) in [5, 5.41) is 18.1. The van der Waals surface area contributed by atoms with Crippen molar-refractivity contribution in [2.24, 2.45) is 5.41 Å². The van der Waals surface area contributed by atoms with Crippen molar-refractivity contribution in [2.45, 2.75) is 52.4 Å². The predicted octanol–water partition coefficient (Wildman–Crippen LogP) is -2.32. The monoisotopic (exact) mass is 446 g/mol. The zero-order valence-corrected chi connectivity index (χ0v) is 18.4. The summed E-state index contributed by atoms with van der Waals surface area (Å²) >= 11 is 0. The molecule has 0 spiro atoms. The van der Waals surface area contributed by atoms with Crippen LogP contribution in [0.4, 0.5) is 0 Å². The van der Waals surface area contributed by atoms with Gasteiger partial charge in [0.2, 0.25) is 0 Å². The Balaban J connectivity index is 0. The third-order valence-corrected chi connectivity index (χ3v) is 4.36. The van der Waals surface area contributed by atoms with E-state index in [1.165, 1.54) is 22.3 Å². The Kier molecular flexibility index (Phi) is 14.0. The molecule has 0 bridgehead atoms. The molecule has 0 fully saturated rings. The van der Waals surface area contributed by atoms with E-state index in [-0.39, 0.29) is 69.6 Å². The van der Waals surface area contributed by atoms with Crippen LogP contribution in [-0.2, 0) is 26.2 Å². The zero-order chi connectivity index (χ0) is 15.3. The van der Waals surface area contributed by atoms with Gasteiger partial charge in [-0.05, 0) is 12.8 Å². The molecule has 0 aromatic rings. The summed E-state index contributed by atoms with van der Waals surface area (Å²) in [4.78, 5) is 0. The molecule has 24 heavy (non-hydrogen) atoms. The van der Waals surface area contributed by atoms with Crippen LogP contribution in [-0.4, -0.2) is 23.4 Å². The van der Waals surface area contributed by atoms with E-state index in [4.69, 9.17) is 10.2 Å². The second-order valence-corrected chi connectivity index (χ2v) is 6.25. The molecule has 0 amide bonds. The molecule has 0 atom stereocenters. The summed E-state index contributed by atoms with van der Waals surface area (Å²) in [5.41, 5.74) is 5.12. The van der Waals surface area contributed by atoms with E-state index in [1.807, 2.05) is 0 Å². The van der Waals surface area contributed by atoms with Crippen LogP contribution in [0.2, 0.25) is 0 Å². The minimum Gasteiger partial charge on any atom is -1.00 e. The first kappa shape index (κ1) is 26.6. The van der Waals surface area contributed by atoms with Crippen LogP contribution < -0.4 is 24.8 Å². The molecule has 0 saturated carbocycles. The maximum Gasteiger partial charge on any atom is 4.00 e. The predicted molar refractivity (Wildman–Crippen MR) is 85.3 cm³/mol. The minimum absolute atomic E-state index is 0. The van der Waals surface area contributed by atoms with Crippen molar-refractivity contribution in [3.63, 3.8) is 0 Å². The topological polar surface area (TPSA) is 40.5 Å². The molecule has 2 aliphatic carbocycles. The van der Waals surface area contributed by atoms with Crippen molar-refractivity contribution in [2.75, 3.05) is 13.2 Å². The van der Waals surface area contributed by atoms with E-state index >= 15 is 0 Å². The fraction of sp³-hybridized carbons (Fsp3) is 0.579. The van der Waals surface area contributed by atoms with E-state index in [0.717, 1.165) is 38.5 Å². The number of aliphatic hydroxyl groups is 2. The summed E-state index contributed by atoms with van der Waals surface area (Å²) in [7, 11) is 0. The average molecular weight is 449 g/mol. The fourth-order valence-corrected chi connectivity index (χ4v) is 3.35. The van der Waals surface area contributed by atoms with Gasteiger partial charge >= 0.3 is 26.2 Å². The first-order chi connectivity index (χ1) is 10.1. The molecule has 0 saturated heterocycles. The second kappa shape index (κ2) is 12.7. The molecule has 0 aliphatic heterocycles. The van der Waals surface area contributed by atoms with Gasteiger partial charge in [0.15, 0.2) is 0 Å². The van der Waals surface area contributed by atoms with Gasteiger partial charge in [0.1, 0.15) is 0 Å². The number of rotatable bonds is 8. The molecule has 0 aromatic heterocycles. The number of allylic oxidation sites excluding steroid dienone is 8. The third kappa shape index (κ3) is 6.25. The molecule has 2 N–H and O–H groups in total. The van der Waals surface area contributed by atoms with Gasteiger partial charge in [-0.1, -0.05) is 32.1 Å². The average Bonchev–Trinajstić information content (AvgIpc) is 3.11. The molecule has 2 nitrogen and oxygen atoms in total. The van der Waals surface area contributed by atoms with Crippen LogP contribution in [0.1, 0.15) is 52.4 Å². The maximum absolute atomic E-state index is 9.06. The Morgan fingerprint density at radius 2 is 1.25 bits per heavy atom. The van der Waals surface area contributed by atoms with Crippen LogP contribution in [0.3, 0.4) is 0 Å². The van der Waals surface area contributed by atoms with Crippen molar-refractivity contribution >= 4 is 0 Å². The van der Waals surface area contributed by atoms with Crippen molar-refractivity contribution < 1.29 is 61.2 Å². The van der Waals surface area contributed by atoms with E-state index < -0.39 is 0 Å². The summed E-state index contributed by atoms with van der Waals surface area (Å²) in [6.45, 7) is 4.96. The van der Waals surface area contributed by atoms with Crippen LogP contribution in [0.25, 0.3) is 0 Å². The zero-order valence-electron chi connectivity index (χ0n) is 14.5. The van der Waals surface area contributed by atoms with Gasteiger partial charge in [0, 0.05) is 13.2 Å². The second-order valence-electron chi connectivity index (χ2n) is 6.25. The Morgan fingerprint density at radius 3 is 1.58 bits per heavy atom. The molecular formula is C19H26Cl2O2Zr. The van der Waals surface area contributed by atoms with E-state index in [0.29, 0.717) is 0 Å². The van der Waals surface area contributed by atoms with Crippen LogP contribution in [0.5, 0.6) is 0 Å². The first-order valence-electron chi connectivity index (χ1n) is 7.94. The molecule has 2 rings (SSSR count). The normalized spacial score (nSPS) is 16.2. The van der Waals surface area contributed by atoms with Crippen molar-refractivity contribution in [1.29, 1.82) is 0 Å². The molecular weight excluding hydrogens is 422 g/mol. The van der Waals surface area contributed by atoms with Crippen molar-refractivity contribution in [3.8, 4) is 0 Å². The van der Waals surface area contributed by atoms with Gasteiger partial charge in [-0.2, -0.15) is 23.3 Å². The number of hydrogen-bond acceptors (Lipinski definition) is 2. The largest absolute Gasteiger partial charge is 4.00 e. The molecule has 132 valence electrons. The van der Waals surface area contributed by atoms with Gasteiger partial charge in [-0.3, -0.25) is 12.2 Å². The van der Waals surface area contributed by atoms with E-state index in [9.17, 15) is 0 Å². The fourth-order valence-electron chi connectivity index (χ4n) is 3.35.